The van der Waals surface area contributed by atoms with E-state index in [1.54, 1.807) is 0 Å². The molecule has 2 aromatic heterocycles. The first-order chi connectivity index (χ1) is 14.0. The maximum atomic E-state index is 11.9. The van der Waals surface area contributed by atoms with Gasteiger partial charge in [-0.2, -0.15) is 5.10 Å². The Kier molecular flexibility index (Phi) is 5.63. The second-order valence-electron chi connectivity index (χ2n) is 6.58. The van der Waals surface area contributed by atoms with Gasteiger partial charge < -0.3 is 25.6 Å². The lowest BCUT2D eigenvalue weighted by molar-refractivity contribution is -0.135. The number of halogens is 1. The van der Waals surface area contributed by atoms with Crippen molar-refractivity contribution in [1.29, 1.82) is 0 Å². The van der Waals surface area contributed by atoms with E-state index in [1.807, 2.05) is 18.2 Å². The molecule has 4 atom stereocenters. The number of nitrogens with one attached hydrogen (secondary N) is 2. The molecule has 1 aliphatic rings. The molecule has 0 radical (unpaired) electrons. The molecule has 0 bridgehead atoms. The molecule has 4 N–H and O–H groups in total. The van der Waals surface area contributed by atoms with Crippen LogP contribution in [0.1, 0.15) is 17.4 Å². The number of fused-ring (bicyclic) bond motifs is 1. The molecule has 1 aromatic carbocycles. The number of amides is 1. The zero-order valence-corrected chi connectivity index (χ0v) is 17.5. The molecule has 1 saturated heterocycles. The summed E-state index contributed by atoms with van der Waals surface area (Å²) in [5.41, 5.74) is 1.95. The maximum absolute atomic E-state index is 11.9. The molecular weight excluding hydrogens is 491 g/mol. The van der Waals surface area contributed by atoms with Crippen LogP contribution in [0.25, 0.3) is 5.65 Å². The zero-order chi connectivity index (χ0) is 20.5. The Bertz CT molecular complexity index is 1040. The van der Waals surface area contributed by atoms with E-state index in [-0.39, 0.29) is 0 Å². The third kappa shape index (κ3) is 3.77. The van der Waals surface area contributed by atoms with Gasteiger partial charge in [0, 0.05) is 17.2 Å². The van der Waals surface area contributed by atoms with E-state index in [0.717, 1.165) is 9.13 Å². The summed E-state index contributed by atoms with van der Waals surface area (Å²) in [6.45, 7) is 0.547. The van der Waals surface area contributed by atoms with Gasteiger partial charge in [0.05, 0.1) is 11.9 Å². The van der Waals surface area contributed by atoms with Gasteiger partial charge >= 0.3 is 0 Å². The second-order valence-corrected chi connectivity index (χ2v) is 7.83. The number of ether oxygens (including phenoxy) is 1. The Hall–Kier alpha value is -2.35. The summed E-state index contributed by atoms with van der Waals surface area (Å²) in [6.07, 6.45) is -1.93. The van der Waals surface area contributed by atoms with Crippen LogP contribution >= 0.6 is 22.6 Å². The highest BCUT2D eigenvalue weighted by Gasteiger charge is 2.48. The van der Waals surface area contributed by atoms with Gasteiger partial charge in [0.15, 0.2) is 17.6 Å². The highest BCUT2D eigenvalue weighted by molar-refractivity contribution is 14.1. The average molecular weight is 510 g/mol. The summed E-state index contributed by atoms with van der Waals surface area (Å²) in [5.74, 6) is 0.00310. The standard InChI is InChI=1S/C18H19IN6O4/c1-20-18(28)15-13(27)12(26)14(29-15)11-7-22-17-16(23-8-24-25(11)17)21-6-9-3-2-4-10(19)5-9/h2-5,7-8,12-15,26-27H,6H2,1H3,(H,20,28)(H,21,23,24)/t12-,13+,14+,15+/m1/s1. The molecule has 0 spiro atoms. The average Bonchev–Trinajstić information content (AvgIpc) is 3.28. The number of carbonyl (C=O) groups is 1. The molecule has 152 valence electrons. The number of anilines is 1. The smallest absolute Gasteiger partial charge is 0.251 e. The Balaban J connectivity index is 1.60. The van der Waals surface area contributed by atoms with Crippen molar-refractivity contribution < 1.29 is 19.7 Å². The molecule has 29 heavy (non-hydrogen) atoms. The van der Waals surface area contributed by atoms with Gasteiger partial charge in [0.2, 0.25) is 0 Å². The van der Waals surface area contributed by atoms with E-state index >= 15 is 0 Å². The minimum Gasteiger partial charge on any atom is -0.387 e. The minimum absolute atomic E-state index is 0.415. The van der Waals surface area contributed by atoms with Crippen molar-refractivity contribution in [3.05, 3.63) is 51.6 Å². The lowest BCUT2D eigenvalue weighted by atomic mass is 10.1. The van der Waals surface area contributed by atoms with E-state index in [0.29, 0.717) is 23.7 Å². The molecule has 11 heteroatoms. The van der Waals surface area contributed by atoms with Crippen LogP contribution in [-0.4, -0.2) is 61.1 Å². The van der Waals surface area contributed by atoms with Crippen LogP contribution in [0, 0.1) is 3.57 Å². The third-order valence-electron chi connectivity index (χ3n) is 4.74. The number of nitrogens with zero attached hydrogens (tertiary/aromatic N) is 4. The normalized spacial score (nSPS) is 24.0. The number of aliphatic hydroxyl groups is 2. The highest BCUT2D eigenvalue weighted by Crippen LogP contribution is 2.34. The number of hydrogen-bond acceptors (Lipinski definition) is 8. The minimum atomic E-state index is -1.36. The molecule has 1 fully saturated rings. The van der Waals surface area contributed by atoms with Gasteiger partial charge in [0.25, 0.3) is 5.91 Å². The van der Waals surface area contributed by atoms with Crippen molar-refractivity contribution in [1.82, 2.24) is 24.9 Å². The summed E-state index contributed by atoms with van der Waals surface area (Å²) in [6, 6.07) is 8.07. The first kappa shape index (κ1) is 19.9. The number of likely N-dealkylation sites (N-methyl/N-ethyl adjacent to an activating group) is 1. The SMILES string of the molecule is CNC(=O)[C@H]1O[C@@H](c2cnc3c(NCc4cccc(I)c4)ncnn23)[C@H](O)[C@@H]1O. The van der Waals surface area contributed by atoms with Crippen molar-refractivity contribution >= 4 is 40.0 Å². The van der Waals surface area contributed by atoms with Crippen molar-refractivity contribution in [2.24, 2.45) is 0 Å². The van der Waals surface area contributed by atoms with E-state index in [1.165, 1.54) is 24.1 Å². The van der Waals surface area contributed by atoms with Crippen LogP contribution in [0.5, 0.6) is 0 Å². The fraction of sp³-hybridized carbons (Fsp3) is 0.333. The van der Waals surface area contributed by atoms with Crippen LogP contribution in [0.3, 0.4) is 0 Å². The van der Waals surface area contributed by atoms with E-state index in [2.05, 4.69) is 54.4 Å². The van der Waals surface area contributed by atoms with Crippen molar-refractivity contribution in [3.8, 4) is 0 Å². The summed E-state index contributed by atoms with van der Waals surface area (Å²) in [7, 11) is 1.44. The molecule has 0 saturated carbocycles. The van der Waals surface area contributed by atoms with Gasteiger partial charge in [-0.15, -0.1) is 0 Å². The van der Waals surface area contributed by atoms with Gasteiger partial charge in [-0.1, -0.05) is 12.1 Å². The van der Waals surface area contributed by atoms with E-state index in [4.69, 9.17) is 4.74 Å². The lowest BCUT2D eigenvalue weighted by Crippen LogP contribution is -2.41. The quantitative estimate of drug-likeness (QED) is 0.359. The maximum Gasteiger partial charge on any atom is 0.251 e. The van der Waals surface area contributed by atoms with E-state index < -0.39 is 30.3 Å². The lowest BCUT2D eigenvalue weighted by Gasteiger charge is -2.13. The van der Waals surface area contributed by atoms with Crippen LogP contribution in [-0.2, 0) is 16.1 Å². The third-order valence-corrected chi connectivity index (χ3v) is 5.41. The molecule has 0 unspecified atom stereocenters. The summed E-state index contributed by atoms with van der Waals surface area (Å²) in [5, 5.41) is 30.4. The van der Waals surface area contributed by atoms with Crippen molar-refractivity contribution in [2.45, 2.75) is 31.0 Å². The van der Waals surface area contributed by atoms with Crippen LogP contribution in [0.2, 0.25) is 0 Å². The first-order valence-corrected chi connectivity index (χ1v) is 9.97. The number of aliphatic hydroxyl groups excluding tert-OH is 2. The molecule has 4 rings (SSSR count). The molecule has 1 aliphatic heterocycles. The topological polar surface area (TPSA) is 134 Å². The number of benzene rings is 1. The molecule has 3 aromatic rings. The Morgan fingerprint density at radius 2 is 2.14 bits per heavy atom. The fourth-order valence-corrected chi connectivity index (χ4v) is 3.87. The molecular formula is C18H19IN6O4. The number of hydrogen-bond donors (Lipinski definition) is 4. The number of imidazole rings is 1. The predicted octanol–water partition coefficient (Wildman–Crippen LogP) is 0.249. The van der Waals surface area contributed by atoms with Crippen LogP contribution in [0.4, 0.5) is 5.82 Å². The van der Waals surface area contributed by atoms with Gasteiger partial charge in [0.1, 0.15) is 24.6 Å². The van der Waals surface area contributed by atoms with Crippen molar-refractivity contribution in [3.63, 3.8) is 0 Å². The van der Waals surface area contributed by atoms with Gasteiger partial charge in [-0.25, -0.2) is 14.5 Å². The Morgan fingerprint density at radius 1 is 1.31 bits per heavy atom. The molecule has 10 nitrogen and oxygen atoms in total. The van der Waals surface area contributed by atoms with E-state index in [9.17, 15) is 15.0 Å². The highest BCUT2D eigenvalue weighted by atomic mass is 127. The zero-order valence-electron chi connectivity index (χ0n) is 15.4. The number of aromatic nitrogens is 4. The molecule has 1 amide bonds. The van der Waals surface area contributed by atoms with Crippen molar-refractivity contribution in [2.75, 3.05) is 12.4 Å². The van der Waals surface area contributed by atoms with Crippen LogP contribution in [0.15, 0.2) is 36.8 Å². The largest absolute Gasteiger partial charge is 0.387 e. The molecule has 3 heterocycles. The summed E-state index contributed by atoms with van der Waals surface area (Å²) in [4.78, 5) is 20.5. The predicted molar refractivity (Wildman–Crippen MR) is 111 cm³/mol. The fourth-order valence-electron chi connectivity index (χ4n) is 3.27. The number of carbonyl (C=O) groups excluding carboxylic acids is 1. The molecule has 0 aliphatic carbocycles. The summed E-state index contributed by atoms with van der Waals surface area (Å²) >= 11 is 2.25. The van der Waals surface area contributed by atoms with Gasteiger partial charge in [-0.3, -0.25) is 4.79 Å². The van der Waals surface area contributed by atoms with Crippen LogP contribution < -0.4 is 10.6 Å². The van der Waals surface area contributed by atoms with Gasteiger partial charge in [-0.05, 0) is 40.3 Å². The first-order valence-electron chi connectivity index (χ1n) is 8.89. The number of rotatable bonds is 5. The Morgan fingerprint density at radius 3 is 2.90 bits per heavy atom. The second kappa shape index (κ2) is 8.18. The Labute approximate surface area is 179 Å². The monoisotopic (exact) mass is 510 g/mol. The summed E-state index contributed by atoms with van der Waals surface area (Å²) < 4.78 is 8.24.